The molecular weight excluding hydrogens is 546 g/mol. The highest BCUT2D eigenvalue weighted by molar-refractivity contribution is 5.83. The Bertz CT molecular complexity index is 1650. The normalized spacial score (nSPS) is 18.9. The van der Waals surface area contributed by atoms with Crippen LogP contribution in [0.25, 0.3) is 10.9 Å². The summed E-state index contributed by atoms with van der Waals surface area (Å²) in [6.45, 7) is 7.35. The number of fused-ring (bicyclic) bond motifs is 1. The Morgan fingerprint density at radius 2 is 1.77 bits per heavy atom. The molecule has 5 heterocycles. The van der Waals surface area contributed by atoms with Gasteiger partial charge >= 0.3 is 0 Å². The fourth-order valence-electron chi connectivity index (χ4n) is 6.64. The standard InChI is InChI=1S/C34H40F2N6O/c1-24-7-8-29(18-38-24)40-14-4-6-30(22-40)42(19-26-11-13-37-25(2)16-26)21-27-20-39(3)32-17-28(9-10-31(32)33(27)43)41-15-5-12-34(35,36)23-41/h7-11,13,16-18,20,30H,4-6,12,14-15,19,21-23H2,1-3H3/t30-/m0/s1. The molecule has 226 valence electrons. The summed E-state index contributed by atoms with van der Waals surface area (Å²) in [5, 5.41) is 0.614. The predicted molar refractivity (Wildman–Crippen MR) is 168 cm³/mol. The van der Waals surface area contributed by atoms with Crippen LogP contribution in [0, 0.1) is 13.8 Å². The number of rotatable bonds is 7. The van der Waals surface area contributed by atoms with Crippen molar-refractivity contribution in [2.45, 2.75) is 64.6 Å². The molecule has 9 heteroatoms. The van der Waals surface area contributed by atoms with Crippen molar-refractivity contribution < 1.29 is 8.78 Å². The fraction of sp³-hybridized carbons (Fsp3) is 0.441. The maximum atomic E-state index is 14.1. The second-order valence-corrected chi connectivity index (χ2v) is 12.3. The SMILES string of the molecule is Cc1ccc(N2CCC[C@H](N(Cc3ccnc(C)c3)Cc3cn(C)c4cc(N5CCCC(F)(F)C5)ccc4c3=O)C2)cn1. The minimum absolute atomic E-state index is 0.00469. The van der Waals surface area contributed by atoms with Crippen LogP contribution in [0.1, 0.15) is 48.2 Å². The molecule has 43 heavy (non-hydrogen) atoms. The molecular formula is C34H40F2N6O. The summed E-state index contributed by atoms with van der Waals surface area (Å²) in [5.41, 5.74) is 6.48. The molecule has 2 saturated heterocycles. The Balaban J connectivity index is 1.30. The summed E-state index contributed by atoms with van der Waals surface area (Å²) in [5.74, 6) is -2.69. The third kappa shape index (κ3) is 6.56. The van der Waals surface area contributed by atoms with Crippen LogP contribution in [0.15, 0.2) is 65.8 Å². The van der Waals surface area contributed by atoms with E-state index in [1.54, 1.807) is 4.90 Å². The minimum Gasteiger partial charge on any atom is -0.369 e. The van der Waals surface area contributed by atoms with Crippen molar-refractivity contribution in [3.63, 3.8) is 0 Å². The van der Waals surface area contributed by atoms with Gasteiger partial charge in [-0.1, -0.05) is 0 Å². The number of hydrogen-bond acceptors (Lipinski definition) is 6. The molecule has 0 unspecified atom stereocenters. The fourth-order valence-corrected chi connectivity index (χ4v) is 6.64. The van der Waals surface area contributed by atoms with Crippen LogP contribution in [-0.2, 0) is 20.1 Å². The van der Waals surface area contributed by atoms with Gasteiger partial charge in [0.25, 0.3) is 5.92 Å². The van der Waals surface area contributed by atoms with E-state index in [-0.39, 0.29) is 24.4 Å². The molecule has 0 saturated carbocycles. The zero-order valence-corrected chi connectivity index (χ0v) is 25.3. The molecule has 0 spiro atoms. The summed E-state index contributed by atoms with van der Waals surface area (Å²) in [7, 11) is 1.93. The first-order valence-electron chi connectivity index (χ1n) is 15.2. The second kappa shape index (κ2) is 12.0. The average Bonchev–Trinajstić information content (AvgIpc) is 2.99. The van der Waals surface area contributed by atoms with Crippen LogP contribution >= 0.6 is 0 Å². The van der Waals surface area contributed by atoms with E-state index in [1.165, 1.54) is 5.56 Å². The summed E-state index contributed by atoms with van der Waals surface area (Å²) in [6, 6.07) is 14.1. The van der Waals surface area contributed by atoms with E-state index < -0.39 is 5.92 Å². The van der Waals surface area contributed by atoms with Gasteiger partial charge in [-0.05, 0) is 81.1 Å². The van der Waals surface area contributed by atoms with Crippen molar-refractivity contribution in [1.82, 2.24) is 19.4 Å². The first-order chi connectivity index (χ1) is 20.6. The highest BCUT2D eigenvalue weighted by atomic mass is 19.3. The first kappa shape index (κ1) is 29.2. The number of aryl methyl sites for hydroxylation is 3. The van der Waals surface area contributed by atoms with Crippen LogP contribution < -0.4 is 15.2 Å². The molecule has 0 bridgehead atoms. The van der Waals surface area contributed by atoms with Gasteiger partial charge in [-0.15, -0.1) is 0 Å². The molecule has 0 radical (unpaired) electrons. The second-order valence-electron chi connectivity index (χ2n) is 12.3. The van der Waals surface area contributed by atoms with Crippen molar-refractivity contribution >= 4 is 22.3 Å². The molecule has 2 aliphatic heterocycles. The van der Waals surface area contributed by atoms with E-state index in [1.807, 2.05) is 62.3 Å². The maximum Gasteiger partial charge on any atom is 0.265 e. The van der Waals surface area contributed by atoms with Gasteiger partial charge in [0.05, 0.1) is 23.9 Å². The van der Waals surface area contributed by atoms with Gasteiger partial charge in [-0.3, -0.25) is 19.7 Å². The Labute approximate surface area is 251 Å². The van der Waals surface area contributed by atoms with E-state index in [2.05, 4.69) is 44.0 Å². The van der Waals surface area contributed by atoms with Crippen LogP contribution in [0.5, 0.6) is 0 Å². The van der Waals surface area contributed by atoms with Gasteiger partial charge in [-0.2, -0.15) is 0 Å². The van der Waals surface area contributed by atoms with E-state index in [4.69, 9.17) is 0 Å². The minimum atomic E-state index is -2.69. The number of aromatic nitrogens is 3. The lowest BCUT2D eigenvalue weighted by Gasteiger charge is -2.40. The van der Waals surface area contributed by atoms with E-state index in [0.717, 1.165) is 59.8 Å². The number of pyridine rings is 3. The van der Waals surface area contributed by atoms with Gasteiger partial charge in [0.15, 0.2) is 5.43 Å². The number of halogens is 2. The quantitative estimate of drug-likeness (QED) is 0.271. The zero-order valence-electron chi connectivity index (χ0n) is 25.3. The van der Waals surface area contributed by atoms with Gasteiger partial charge in [-0.25, -0.2) is 8.78 Å². The van der Waals surface area contributed by atoms with Crippen molar-refractivity contribution in [1.29, 1.82) is 0 Å². The Kier molecular flexibility index (Phi) is 8.18. The lowest BCUT2D eigenvalue weighted by atomic mass is 10.0. The van der Waals surface area contributed by atoms with Gasteiger partial charge in [0.1, 0.15) is 0 Å². The number of benzene rings is 1. The predicted octanol–water partition coefficient (Wildman–Crippen LogP) is 5.85. The Hall–Kier alpha value is -3.85. The number of anilines is 2. The van der Waals surface area contributed by atoms with Crippen molar-refractivity contribution in [3.8, 4) is 0 Å². The average molecular weight is 587 g/mol. The molecule has 4 aromatic rings. The molecule has 0 N–H and O–H groups in total. The van der Waals surface area contributed by atoms with Crippen LogP contribution in [0.3, 0.4) is 0 Å². The number of nitrogens with zero attached hydrogens (tertiary/aromatic N) is 6. The number of piperidine rings is 2. The van der Waals surface area contributed by atoms with Gasteiger partial charge in [0, 0.05) is 92.7 Å². The van der Waals surface area contributed by atoms with Crippen LogP contribution in [0.4, 0.5) is 20.2 Å². The van der Waals surface area contributed by atoms with Crippen molar-refractivity contribution in [2.75, 3.05) is 36.0 Å². The highest BCUT2D eigenvalue weighted by Gasteiger charge is 2.35. The summed E-state index contributed by atoms with van der Waals surface area (Å²) >= 11 is 0. The largest absolute Gasteiger partial charge is 0.369 e. The monoisotopic (exact) mass is 586 g/mol. The molecule has 1 atom stereocenters. The summed E-state index contributed by atoms with van der Waals surface area (Å²) in [4.78, 5) is 29.4. The van der Waals surface area contributed by atoms with E-state index >= 15 is 0 Å². The zero-order chi connectivity index (χ0) is 30.1. The molecule has 3 aromatic heterocycles. The number of hydrogen-bond donors (Lipinski definition) is 0. The Morgan fingerprint density at radius 3 is 2.53 bits per heavy atom. The number of alkyl halides is 2. The smallest absolute Gasteiger partial charge is 0.265 e. The highest BCUT2D eigenvalue weighted by Crippen LogP contribution is 2.31. The Morgan fingerprint density at radius 1 is 0.953 bits per heavy atom. The molecule has 0 aliphatic carbocycles. The molecule has 1 aromatic carbocycles. The summed E-state index contributed by atoms with van der Waals surface area (Å²) < 4.78 is 30.2. The van der Waals surface area contributed by atoms with Crippen LogP contribution in [-0.4, -0.2) is 57.6 Å². The summed E-state index contributed by atoms with van der Waals surface area (Å²) in [6.07, 6.45) is 8.19. The molecule has 6 rings (SSSR count). The lowest BCUT2D eigenvalue weighted by molar-refractivity contribution is -0.0116. The van der Waals surface area contributed by atoms with Crippen molar-refractivity contribution in [3.05, 3.63) is 93.8 Å². The van der Waals surface area contributed by atoms with Gasteiger partial charge in [0.2, 0.25) is 0 Å². The first-order valence-corrected chi connectivity index (χ1v) is 15.2. The van der Waals surface area contributed by atoms with Crippen molar-refractivity contribution in [2.24, 2.45) is 7.05 Å². The molecule has 2 fully saturated rings. The van der Waals surface area contributed by atoms with E-state index in [9.17, 15) is 13.6 Å². The van der Waals surface area contributed by atoms with Crippen LogP contribution in [0.2, 0.25) is 0 Å². The third-order valence-corrected chi connectivity index (χ3v) is 8.90. The molecule has 0 amide bonds. The third-order valence-electron chi connectivity index (χ3n) is 8.90. The van der Waals surface area contributed by atoms with E-state index in [0.29, 0.717) is 31.4 Å². The maximum absolute atomic E-state index is 14.1. The topological polar surface area (TPSA) is 57.5 Å². The van der Waals surface area contributed by atoms with Gasteiger partial charge < -0.3 is 14.4 Å². The molecule has 7 nitrogen and oxygen atoms in total. The molecule has 2 aliphatic rings. The lowest BCUT2D eigenvalue weighted by Crippen LogP contribution is -2.48.